The van der Waals surface area contributed by atoms with Gasteiger partial charge in [-0.25, -0.2) is 0 Å². The molecule has 1 aromatic heterocycles. The lowest BCUT2D eigenvalue weighted by molar-refractivity contribution is 0.274. The van der Waals surface area contributed by atoms with Crippen LogP contribution in [0.25, 0.3) is 21.8 Å². The number of nitrogens with one attached hydrogen (secondary N) is 1. The predicted molar refractivity (Wildman–Crippen MR) is 74.8 cm³/mol. The van der Waals surface area contributed by atoms with Gasteiger partial charge >= 0.3 is 0 Å². The molecule has 0 atom stereocenters. The molecule has 0 unspecified atom stereocenters. The molecule has 0 radical (unpaired) electrons. The van der Waals surface area contributed by atoms with Gasteiger partial charge in [-0.2, -0.15) is 0 Å². The Hall–Kier alpha value is -2.20. The number of rotatable bonds is 3. The molecule has 3 aromatic rings. The number of hydrogen-bond donors (Lipinski definition) is 2. The molecule has 0 bridgehead atoms. The highest BCUT2D eigenvalue weighted by Crippen LogP contribution is 2.33. The fourth-order valence-corrected chi connectivity index (χ4v) is 2.39. The molecule has 0 saturated heterocycles. The van der Waals surface area contributed by atoms with Gasteiger partial charge in [0.2, 0.25) is 0 Å². The van der Waals surface area contributed by atoms with Crippen molar-refractivity contribution in [1.82, 2.24) is 4.98 Å². The van der Waals surface area contributed by atoms with E-state index in [0.29, 0.717) is 5.75 Å². The van der Waals surface area contributed by atoms with Gasteiger partial charge in [0.15, 0.2) is 0 Å². The molecule has 0 aliphatic heterocycles. The first-order valence-electron chi connectivity index (χ1n) is 6.04. The number of aromatic nitrogens is 1. The van der Waals surface area contributed by atoms with Gasteiger partial charge in [-0.1, -0.05) is 0 Å². The van der Waals surface area contributed by atoms with Crippen molar-refractivity contribution in [1.29, 1.82) is 0 Å². The number of hydrogen-bond acceptors (Lipinski definition) is 3. The minimum atomic E-state index is -0.0459. The maximum absolute atomic E-state index is 9.40. The lowest BCUT2D eigenvalue weighted by Gasteiger charge is -2.06. The SMILES string of the molecule is COc1ccc2[nH]c3cc(OC)c(CO)cc3c2c1. The Morgan fingerprint density at radius 3 is 2.47 bits per heavy atom. The molecule has 3 rings (SSSR count). The van der Waals surface area contributed by atoms with E-state index in [0.717, 1.165) is 33.1 Å². The molecule has 2 N–H and O–H groups in total. The van der Waals surface area contributed by atoms with E-state index in [-0.39, 0.29) is 6.61 Å². The van der Waals surface area contributed by atoms with Crippen LogP contribution in [0, 0.1) is 0 Å². The van der Waals surface area contributed by atoms with Crippen LogP contribution in [0.4, 0.5) is 0 Å². The normalized spacial score (nSPS) is 11.1. The maximum Gasteiger partial charge on any atom is 0.126 e. The summed E-state index contributed by atoms with van der Waals surface area (Å²) in [6.45, 7) is -0.0459. The Morgan fingerprint density at radius 2 is 1.79 bits per heavy atom. The zero-order valence-corrected chi connectivity index (χ0v) is 10.9. The molecule has 0 spiro atoms. The minimum Gasteiger partial charge on any atom is -0.497 e. The second kappa shape index (κ2) is 4.48. The van der Waals surface area contributed by atoms with Crippen molar-refractivity contribution in [2.75, 3.05) is 14.2 Å². The van der Waals surface area contributed by atoms with Crippen LogP contribution in [0.2, 0.25) is 0 Å². The lowest BCUT2D eigenvalue weighted by atomic mass is 10.1. The van der Waals surface area contributed by atoms with Gasteiger partial charge < -0.3 is 19.6 Å². The summed E-state index contributed by atoms with van der Waals surface area (Å²) in [6.07, 6.45) is 0. The highest BCUT2D eigenvalue weighted by Gasteiger charge is 2.10. The van der Waals surface area contributed by atoms with Crippen molar-refractivity contribution in [2.45, 2.75) is 6.61 Å². The molecule has 4 nitrogen and oxygen atoms in total. The van der Waals surface area contributed by atoms with Crippen molar-refractivity contribution in [3.8, 4) is 11.5 Å². The Labute approximate surface area is 110 Å². The molecular formula is C15H15NO3. The van der Waals surface area contributed by atoms with E-state index in [1.807, 2.05) is 30.3 Å². The molecule has 0 fully saturated rings. The van der Waals surface area contributed by atoms with Crippen molar-refractivity contribution in [2.24, 2.45) is 0 Å². The average Bonchev–Trinajstić information content (AvgIpc) is 2.82. The second-order valence-corrected chi connectivity index (χ2v) is 4.40. The van der Waals surface area contributed by atoms with Crippen LogP contribution in [0.1, 0.15) is 5.56 Å². The summed E-state index contributed by atoms with van der Waals surface area (Å²) in [6, 6.07) is 9.75. The van der Waals surface area contributed by atoms with Gasteiger partial charge in [0.25, 0.3) is 0 Å². The van der Waals surface area contributed by atoms with Crippen molar-refractivity contribution in [3.63, 3.8) is 0 Å². The minimum absolute atomic E-state index is 0.0459. The number of fused-ring (bicyclic) bond motifs is 3. The summed E-state index contributed by atoms with van der Waals surface area (Å²) < 4.78 is 10.5. The summed E-state index contributed by atoms with van der Waals surface area (Å²) >= 11 is 0. The van der Waals surface area contributed by atoms with Crippen LogP contribution in [-0.4, -0.2) is 24.3 Å². The van der Waals surface area contributed by atoms with Gasteiger partial charge in [0.05, 0.1) is 26.3 Å². The first kappa shape index (κ1) is 11.9. The molecule has 19 heavy (non-hydrogen) atoms. The monoisotopic (exact) mass is 257 g/mol. The van der Waals surface area contributed by atoms with Crippen molar-refractivity contribution >= 4 is 21.8 Å². The summed E-state index contributed by atoms with van der Waals surface area (Å²) in [7, 11) is 3.25. The van der Waals surface area contributed by atoms with Crippen LogP contribution >= 0.6 is 0 Å². The number of aliphatic hydroxyl groups is 1. The number of H-pyrrole nitrogens is 1. The number of methoxy groups -OCH3 is 2. The molecule has 0 aliphatic carbocycles. The van der Waals surface area contributed by atoms with Crippen LogP contribution in [0.3, 0.4) is 0 Å². The van der Waals surface area contributed by atoms with Crippen LogP contribution < -0.4 is 9.47 Å². The van der Waals surface area contributed by atoms with E-state index in [9.17, 15) is 5.11 Å². The van der Waals surface area contributed by atoms with Gasteiger partial charge in [0.1, 0.15) is 11.5 Å². The second-order valence-electron chi connectivity index (χ2n) is 4.40. The molecular weight excluding hydrogens is 242 g/mol. The van der Waals surface area contributed by atoms with E-state index >= 15 is 0 Å². The maximum atomic E-state index is 9.40. The molecule has 4 heteroatoms. The largest absolute Gasteiger partial charge is 0.497 e. The molecule has 2 aromatic carbocycles. The Kier molecular flexibility index (Phi) is 2.80. The highest BCUT2D eigenvalue weighted by molar-refractivity contribution is 6.08. The van der Waals surface area contributed by atoms with E-state index in [2.05, 4.69) is 4.98 Å². The molecule has 1 heterocycles. The third-order valence-corrected chi connectivity index (χ3v) is 3.38. The Morgan fingerprint density at radius 1 is 1.00 bits per heavy atom. The van der Waals surface area contributed by atoms with E-state index in [4.69, 9.17) is 9.47 Å². The quantitative estimate of drug-likeness (QED) is 0.758. The Bertz CT molecular complexity index is 746. The van der Waals surface area contributed by atoms with E-state index in [1.54, 1.807) is 14.2 Å². The summed E-state index contributed by atoms with van der Waals surface area (Å²) in [5, 5.41) is 11.5. The fourth-order valence-electron chi connectivity index (χ4n) is 2.39. The third-order valence-electron chi connectivity index (χ3n) is 3.38. The Balaban J connectivity index is 2.35. The lowest BCUT2D eigenvalue weighted by Crippen LogP contribution is -1.91. The number of aromatic amines is 1. The summed E-state index contributed by atoms with van der Waals surface area (Å²) in [5.74, 6) is 1.50. The predicted octanol–water partition coefficient (Wildman–Crippen LogP) is 2.83. The van der Waals surface area contributed by atoms with Crippen molar-refractivity contribution < 1.29 is 14.6 Å². The van der Waals surface area contributed by atoms with E-state index < -0.39 is 0 Å². The smallest absolute Gasteiger partial charge is 0.126 e. The molecule has 0 amide bonds. The van der Waals surface area contributed by atoms with Crippen LogP contribution in [0.15, 0.2) is 30.3 Å². The van der Waals surface area contributed by atoms with Crippen molar-refractivity contribution in [3.05, 3.63) is 35.9 Å². The highest BCUT2D eigenvalue weighted by atomic mass is 16.5. The first-order valence-corrected chi connectivity index (χ1v) is 6.04. The van der Waals surface area contributed by atoms with Gasteiger partial charge in [-0.05, 0) is 24.3 Å². The van der Waals surface area contributed by atoms with E-state index in [1.165, 1.54) is 0 Å². The topological polar surface area (TPSA) is 54.5 Å². The van der Waals surface area contributed by atoms with Gasteiger partial charge in [0, 0.05) is 27.9 Å². The number of ether oxygens (including phenoxy) is 2. The number of benzene rings is 2. The summed E-state index contributed by atoms with van der Waals surface area (Å²) in [5.41, 5.74) is 2.80. The molecule has 98 valence electrons. The molecule has 0 aliphatic rings. The van der Waals surface area contributed by atoms with Gasteiger partial charge in [-0.15, -0.1) is 0 Å². The zero-order chi connectivity index (χ0) is 13.4. The third kappa shape index (κ3) is 1.81. The first-order chi connectivity index (χ1) is 9.26. The molecule has 0 saturated carbocycles. The fraction of sp³-hybridized carbons (Fsp3) is 0.200. The van der Waals surface area contributed by atoms with Crippen LogP contribution in [0.5, 0.6) is 11.5 Å². The van der Waals surface area contributed by atoms with Gasteiger partial charge in [-0.3, -0.25) is 0 Å². The average molecular weight is 257 g/mol. The van der Waals surface area contributed by atoms with Crippen LogP contribution in [-0.2, 0) is 6.61 Å². The zero-order valence-electron chi connectivity index (χ0n) is 10.9. The summed E-state index contributed by atoms with van der Waals surface area (Å²) in [4.78, 5) is 3.34. The standard InChI is InChI=1S/C15H15NO3/c1-18-10-3-4-13-12(6-10)11-5-9(8-17)15(19-2)7-14(11)16-13/h3-7,16-17H,8H2,1-2H3. The number of aliphatic hydroxyl groups excluding tert-OH is 1.